The van der Waals surface area contributed by atoms with Gasteiger partial charge in [-0.1, -0.05) is 6.07 Å². The van der Waals surface area contributed by atoms with Gasteiger partial charge in [0.25, 0.3) is 0 Å². The SMILES string of the molecule is O=c1cccc2sc3c([N+](=O)[O-])c([N+](=O)[O-])c([N+](=O)[O-])c([N+](=O)[O-])c3nc1-2. The molecule has 136 valence electrons. The van der Waals surface area contributed by atoms with Gasteiger partial charge in [-0.15, -0.1) is 11.3 Å². The fraction of sp³-hybridized carbons (Fsp3) is 0. The Morgan fingerprint density at radius 1 is 0.778 bits per heavy atom. The van der Waals surface area contributed by atoms with E-state index in [4.69, 9.17) is 0 Å². The summed E-state index contributed by atoms with van der Waals surface area (Å²) in [4.78, 5) is 55.7. The number of fused-ring (bicyclic) bond motifs is 2. The Morgan fingerprint density at radius 2 is 1.30 bits per heavy atom. The monoisotopic (exact) mass is 393 g/mol. The smallest absolute Gasteiger partial charge is 0.287 e. The van der Waals surface area contributed by atoms with Gasteiger partial charge in [-0.05, 0) is 12.1 Å². The van der Waals surface area contributed by atoms with Gasteiger partial charge in [0.15, 0.2) is 5.52 Å². The van der Waals surface area contributed by atoms with E-state index in [9.17, 15) is 45.3 Å². The highest BCUT2D eigenvalue weighted by Crippen LogP contribution is 2.51. The van der Waals surface area contributed by atoms with Crippen molar-refractivity contribution in [1.29, 1.82) is 0 Å². The molecule has 1 aromatic carbocycles. The lowest BCUT2D eigenvalue weighted by Crippen LogP contribution is -2.09. The molecule has 2 aliphatic rings. The van der Waals surface area contributed by atoms with Crippen LogP contribution in [-0.4, -0.2) is 24.7 Å². The van der Waals surface area contributed by atoms with Crippen LogP contribution in [0, 0.1) is 40.5 Å². The molecule has 1 aliphatic carbocycles. The molecule has 0 fully saturated rings. The third-order valence-corrected chi connectivity index (χ3v) is 4.60. The molecule has 0 bridgehead atoms. The zero-order chi connectivity index (χ0) is 20.0. The minimum atomic E-state index is -1.67. The van der Waals surface area contributed by atoms with Crippen LogP contribution < -0.4 is 5.43 Å². The molecule has 0 saturated carbocycles. The number of nitro groups is 4. The molecule has 15 heteroatoms. The highest BCUT2D eigenvalue weighted by atomic mass is 32.1. The van der Waals surface area contributed by atoms with Crippen molar-refractivity contribution >= 4 is 44.3 Å². The quantitative estimate of drug-likeness (QED) is 0.359. The summed E-state index contributed by atoms with van der Waals surface area (Å²) in [7, 11) is 0. The second-order valence-electron chi connectivity index (χ2n) is 4.92. The van der Waals surface area contributed by atoms with Crippen molar-refractivity contribution in [3.8, 4) is 10.6 Å². The van der Waals surface area contributed by atoms with Crippen LogP contribution in [-0.2, 0) is 0 Å². The molecule has 1 aliphatic heterocycles. The second-order valence-corrected chi connectivity index (χ2v) is 5.97. The molecular formula is C12H3N5O9S. The summed E-state index contributed by atoms with van der Waals surface area (Å²) in [6, 6.07) is 3.71. The molecule has 0 N–H and O–H groups in total. The Hall–Kier alpha value is -4.14. The van der Waals surface area contributed by atoms with Crippen LogP contribution in [0.5, 0.6) is 0 Å². The lowest BCUT2D eigenvalue weighted by atomic mass is 10.1. The predicted molar refractivity (Wildman–Crippen MR) is 89.1 cm³/mol. The summed E-state index contributed by atoms with van der Waals surface area (Å²) in [5, 5.41) is 45.4. The molecule has 1 heterocycles. The first-order valence-electron chi connectivity index (χ1n) is 6.66. The summed E-state index contributed by atoms with van der Waals surface area (Å²) in [6.07, 6.45) is 0. The number of nitro benzene ring substituents is 4. The summed E-state index contributed by atoms with van der Waals surface area (Å²) in [6.45, 7) is 0. The van der Waals surface area contributed by atoms with Crippen LogP contribution in [0.4, 0.5) is 22.7 Å². The van der Waals surface area contributed by atoms with E-state index in [1.807, 2.05) is 0 Å². The normalized spacial score (nSPS) is 10.8. The fourth-order valence-electron chi connectivity index (χ4n) is 2.47. The van der Waals surface area contributed by atoms with Crippen LogP contribution >= 0.6 is 11.3 Å². The average Bonchev–Trinajstić information content (AvgIpc) is 2.57. The zero-order valence-electron chi connectivity index (χ0n) is 12.6. The molecule has 27 heavy (non-hydrogen) atoms. The van der Waals surface area contributed by atoms with E-state index in [0.29, 0.717) is 11.3 Å². The van der Waals surface area contributed by atoms with E-state index in [1.54, 1.807) is 0 Å². The van der Waals surface area contributed by atoms with Gasteiger partial charge in [0.2, 0.25) is 5.43 Å². The number of hydrogen-bond acceptors (Lipinski definition) is 11. The average molecular weight is 393 g/mol. The number of para-hydroxylation sites is 1. The molecule has 3 rings (SSSR count). The highest BCUT2D eigenvalue weighted by Gasteiger charge is 2.48. The highest BCUT2D eigenvalue weighted by molar-refractivity contribution is 7.22. The van der Waals surface area contributed by atoms with E-state index < -0.39 is 58.1 Å². The Kier molecular flexibility index (Phi) is 3.92. The molecule has 1 aromatic rings. The summed E-state index contributed by atoms with van der Waals surface area (Å²) >= 11 is 0.468. The first-order valence-corrected chi connectivity index (χ1v) is 7.48. The topological polar surface area (TPSA) is 203 Å². The minimum Gasteiger partial charge on any atom is -0.287 e. The second kappa shape index (κ2) is 5.99. The molecule has 0 aromatic heterocycles. The molecule has 0 saturated heterocycles. The summed E-state index contributed by atoms with van der Waals surface area (Å²) in [5.74, 6) is 0. The van der Waals surface area contributed by atoms with Crippen LogP contribution in [0.2, 0.25) is 0 Å². The van der Waals surface area contributed by atoms with Crippen LogP contribution in [0.3, 0.4) is 0 Å². The first kappa shape index (κ1) is 17.7. The third kappa shape index (κ3) is 2.58. The first-order chi connectivity index (χ1) is 12.6. The van der Waals surface area contributed by atoms with Gasteiger partial charge in [-0.25, -0.2) is 4.98 Å². The van der Waals surface area contributed by atoms with Gasteiger partial charge in [0, 0.05) is 0 Å². The Bertz CT molecular complexity index is 1220. The van der Waals surface area contributed by atoms with Crippen molar-refractivity contribution < 1.29 is 19.7 Å². The summed E-state index contributed by atoms with van der Waals surface area (Å²) < 4.78 is -0.623. The van der Waals surface area contributed by atoms with Crippen molar-refractivity contribution in [3.63, 3.8) is 0 Å². The molecule has 0 radical (unpaired) electrons. The van der Waals surface area contributed by atoms with Crippen molar-refractivity contribution in [1.82, 2.24) is 4.98 Å². The predicted octanol–water partition coefficient (Wildman–Crippen LogP) is 2.39. The van der Waals surface area contributed by atoms with E-state index in [1.165, 1.54) is 12.1 Å². The Labute approximate surface area is 149 Å². The molecule has 0 amide bonds. The Morgan fingerprint density at radius 3 is 1.81 bits per heavy atom. The van der Waals surface area contributed by atoms with Crippen molar-refractivity contribution in [3.05, 3.63) is 68.9 Å². The van der Waals surface area contributed by atoms with E-state index in [-0.39, 0.29) is 10.6 Å². The minimum absolute atomic E-state index is 0.0653. The van der Waals surface area contributed by atoms with Gasteiger partial charge in [-0.3, -0.25) is 45.3 Å². The lowest BCUT2D eigenvalue weighted by molar-refractivity contribution is -0.450. The summed E-state index contributed by atoms with van der Waals surface area (Å²) in [5.41, 5.74) is -7.83. The number of nitrogens with zero attached hydrogens (tertiary/aromatic N) is 5. The third-order valence-electron chi connectivity index (χ3n) is 3.46. The van der Waals surface area contributed by atoms with E-state index in [2.05, 4.69) is 4.98 Å². The lowest BCUT2D eigenvalue weighted by Gasteiger charge is -2.06. The van der Waals surface area contributed by atoms with E-state index >= 15 is 0 Å². The number of benzene rings is 2. The van der Waals surface area contributed by atoms with Gasteiger partial charge in [0.05, 0.1) is 24.6 Å². The zero-order valence-corrected chi connectivity index (χ0v) is 13.4. The molecular weight excluding hydrogens is 390 g/mol. The van der Waals surface area contributed by atoms with Crippen molar-refractivity contribution in [2.45, 2.75) is 0 Å². The number of hydrogen-bond donors (Lipinski definition) is 0. The molecule has 0 unspecified atom stereocenters. The molecule has 0 atom stereocenters. The maximum atomic E-state index is 11.9. The van der Waals surface area contributed by atoms with E-state index in [0.717, 1.165) is 6.07 Å². The maximum absolute atomic E-state index is 11.9. The van der Waals surface area contributed by atoms with Crippen LogP contribution in [0.25, 0.3) is 20.8 Å². The Balaban J connectivity index is 2.77. The van der Waals surface area contributed by atoms with Crippen LogP contribution in [0.1, 0.15) is 0 Å². The van der Waals surface area contributed by atoms with Gasteiger partial charge >= 0.3 is 22.7 Å². The van der Waals surface area contributed by atoms with Gasteiger partial charge < -0.3 is 0 Å². The van der Waals surface area contributed by atoms with Crippen molar-refractivity contribution in [2.24, 2.45) is 0 Å². The fourth-order valence-corrected chi connectivity index (χ4v) is 3.59. The maximum Gasteiger partial charge on any atom is 0.432 e. The molecule has 0 spiro atoms. The largest absolute Gasteiger partial charge is 0.432 e. The number of rotatable bonds is 4. The standard InChI is InChI=1S/C12H3N5O9S/c18-4-2-1-3-5-6(4)13-7-8(14(19)20)9(15(21)22)10(16(23)24)11(17(25)26)12(7)27-5/h1-3H. The van der Waals surface area contributed by atoms with Gasteiger partial charge in [-0.2, -0.15) is 0 Å². The van der Waals surface area contributed by atoms with Crippen LogP contribution in [0.15, 0.2) is 23.0 Å². The van der Waals surface area contributed by atoms with Gasteiger partial charge in [0.1, 0.15) is 10.4 Å². The van der Waals surface area contributed by atoms with Crippen molar-refractivity contribution in [2.75, 3.05) is 0 Å². The number of aromatic nitrogens is 1. The molecule has 14 nitrogen and oxygen atoms in total.